The molecule has 0 bridgehead atoms. The standard InChI is InChI=1S/C25H41N3O9S/c1-10-15-13-25(15,21(31)35-11-2)27-19(29)17-12-16(37-38(9,33)34)14-28(17)20(30)18(23(3,4)5)26-22(32)36-24(6,7)8/h10,15-18H,1,11-14H2,2-9H3,(H,26,32)(H,27,29)/t15?,16-,17-,18+,25+/m0/s1. The molecule has 1 saturated heterocycles. The van der Waals surface area contributed by atoms with Gasteiger partial charge >= 0.3 is 12.1 Å². The zero-order valence-corrected chi connectivity index (χ0v) is 24.3. The number of nitrogens with one attached hydrogen (secondary N) is 2. The van der Waals surface area contributed by atoms with Gasteiger partial charge in [0.25, 0.3) is 10.1 Å². The number of carbonyl (C=O) groups is 4. The molecule has 12 nitrogen and oxygen atoms in total. The third-order valence-corrected chi connectivity index (χ3v) is 6.84. The van der Waals surface area contributed by atoms with E-state index in [1.807, 2.05) is 0 Å². The van der Waals surface area contributed by atoms with Crippen LogP contribution in [0, 0.1) is 11.3 Å². The Morgan fingerprint density at radius 3 is 2.21 bits per heavy atom. The average Bonchev–Trinajstić information content (AvgIpc) is 3.29. The van der Waals surface area contributed by atoms with Gasteiger partial charge in [-0.1, -0.05) is 26.8 Å². The fraction of sp³-hybridized carbons (Fsp3) is 0.760. The molecule has 1 saturated carbocycles. The second-order valence-electron chi connectivity index (χ2n) is 11.8. The Morgan fingerprint density at radius 1 is 1.16 bits per heavy atom. The lowest BCUT2D eigenvalue weighted by Crippen LogP contribution is -2.59. The van der Waals surface area contributed by atoms with E-state index in [0.717, 1.165) is 6.26 Å². The molecular weight excluding hydrogens is 518 g/mol. The SMILES string of the molecule is C=CC1C[C@]1(NC(=O)[C@@H]1C[C@H](OS(C)(=O)=O)CN1C(=O)[C@@H](NC(=O)OC(C)(C)C)C(C)(C)C)C(=O)OCC. The number of esters is 1. The maximum atomic E-state index is 13.8. The molecule has 216 valence electrons. The zero-order valence-electron chi connectivity index (χ0n) is 23.5. The van der Waals surface area contributed by atoms with E-state index in [1.165, 1.54) is 4.90 Å². The normalized spacial score (nSPS) is 26.2. The monoisotopic (exact) mass is 559 g/mol. The van der Waals surface area contributed by atoms with Gasteiger partial charge in [-0.2, -0.15) is 8.42 Å². The van der Waals surface area contributed by atoms with Crippen LogP contribution in [0.4, 0.5) is 4.79 Å². The highest BCUT2D eigenvalue weighted by Crippen LogP contribution is 2.45. The molecule has 0 radical (unpaired) electrons. The predicted octanol–water partition coefficient (Wildman–Crippen LogP) is 1.50. The summed E-state index contributed by atoms with van der Waals surface area (Å²) in [6, 6.07) is -2.29. The molecule has 2 N–H and O–H groups in total. The highest BCUT2D eigenvalue weighted by atomic mass is 32.2. The van der Waals surface area contributed by atoms with E-state index >= 15 is 0 Å². The zero-order chi connectivity index (χ0) is 29.3. The van der Waals surface area contributed by atoms with E-state index in [9.17, 15) is 27.6 Å². The Hall–Kier alpha value is -2.67. The summed E-state index contributed by atoms with van der Waals surface area (Å²) in [5.74, 6) is -2.25. The van der Waals surface area contributed by atoms with Gasteiger partial charge in [-0.15, -0.1) is 6.58 Å². The molecule has 38 heavy (non-hydrogen) atoms. The molecule has 0 aromatic heterocycles. The number of carbonyl (C=O) groups excluding carboxylic acids is 4. The Labute approximate surface area is 224 Å². The number of alkyl carbamates (subject to hydrolysis) is 1. The largest absolute Gasteiger partial charge is 0.464 e. The van der Waals surface area contributed by atoms with Crippen LogP contribution in [0.2, 0.25) is 0 Å². The first kappa shape index (κ1) is 31.5. The maximum Gasteiger partial charge on any atom is 0.408 e. The molecule has 2 rings (SSSR count). The van der Waals surface area contributed by atoms with Crippen molar-refractivity contribution in [2.45, 2.75) is 90.6 Å². The van der Waals surface area contributed by atoms with E-state index < -0.39 is 68.7 Å². The summed E-state index contributed by atoms with van der Waals surface area (Å²) < 4.78 is 39.2. The Kier molecular flexibility index (Phi) is 9.31. The van der Waals surface area contributed by atoms with E-state index in [4.69, 9.17) is 13.7 Å². The molecule has 0 aromatic rings. The van der Waals surface area contributed by atoms with Gasteiger partial charge in [-0.05, 0) is 39.5 Å². The lowest BCUT2D eigenvalue weighted by atomic mass is 9.85. The van der Waals surface area contributed by atoms with Crippen LogP contribution in [0.25, 0.3) is 0 Å². The molecule has 1 unspecified atom stereocenters. The smallest absolute Gasteiger partial charge is 0.408 e. The van der Waals surface area contributed by atoms with E-state index in [0.29, 0.717) is 0 Å². The molecule has 1 aliphatic carbocycles. The maximum absolute atomic E-state index is 13.8. The summed E-state index contributed by atoms with van der Waals surface area (Å²) in [5, 5.41) is 5.31. The summed E-state index contributed by atoms with van der Waals surface area (Å²) >= 11 is 0. The lowest BCUT2D eigenvalue weighted by molar-refractivity contribution is -0.150. The Balaban J connectivity index is 2.37. The lowest BCUT2D eigenvalue weighted by Gasteiger charge is -2.36. The van der Waals surface area contributed by atoms with E-state index in [2.05, 4.69) is 17.2 Å². The quantitative estimate of drug-likeness (QED) is 0.243. The van der Waals surface area contributed by atoms with Crippen LogP contribution in [-0.2, 0) is 38.2 Å². The van der Waals surface area contributed by atoms with Gasteiger partial charge in [0.2, 0.25) is 11.8 Å². The molecule has 13 heteroatoms. The van der Waals surface area contributed by atoms with E-state index in [-0.39, 0.29) is 31.9 Å². The van der Waals surface area contributed by atoms with Crippen LogP contribution < -0.4 is 10.6 Å². The first-order valence-electron chi connectivity index (χ1n) is 12.5. The number of hydrogen-bond acceptors (Lipinski definition) is 9. The van der Waals surface area contributed by atoms with Crippen molar-refractivity contribution in [1.29, 1.82) is 0 Å². The Bertz CT molecular complexity index is 1060. The molecule has 0 aromatic carbocycles. The topological polar surface area (TPSA) is 157 Å². The number of amides is 3. The molecule has 3 amide bonds. The minimum atomic E-state index is -3.90. The Morgan fingerprint density at radius 2 is 1.76 bits per heavy atom. The molecule has 2 fully saturated rings. The molecule has 2 aliphatic rings. The van der Waals surface area contributed by atoms with Crippen molar-refractivity contribution in [3.05, 3.63) is 12.7 Å². The van der Waals surface area contributed by atoms with Crippen LogP contribution >= 0.6 is 0 Å². The first-order valence-corrected chi connectivity index (χ1v) is 14.4. The minimum absolute atomic E-state index is 0.113. The second-order valence-corrected chi connectivity index (χ2v) is 13.4. The van der Waals surface area contributed by atoms with Gasteiger partial charge in [0.15, 0.2) is 0 Å². The summed E-state index contributed by atoms with van der Waals surface area (Å²) in [4.78, 5) is 53.7. The highest BCUT2D eigenvalue weighted by molar-refractivity contribution is 7.86. The fourth-order valence-electron chi connectivity index (χ4n) is 4.41. The van der Waals surface area contributed by atoms with Crippen LogP contribution in [-0.4, -0.2) is 85.9 Å². The number of rotatable bonds is 9. The van der Waals surface area contributed by atoms with Crippen molar-refractivity contribution in [2.75, 3.05) is 19.4 Å². The summed E-state index contributed by atoms with van der Waals surface area (Å²) in [7, 11) is -3.90. The number of likely N-dealkylation sites (tertiary alicyclic amines) is 1. The van der Waals surface area contributed by atoms with Gasteiger partial charge in [0, 0.05) is 18.9 Å². The molecule has 1 aliphatic heterocycles. The number of nitrogens with zero attached hydrogens (tertiary/aromatic N) is 1. The van der Waals surface area contributed by atoms with Gasteiger partial charge in [-0.3, -0.25) is 13.8 Å². The summed E-state index contributed by atoms with van der Waals surface area (Å²) in [6.45, 7) is 15.5. The van der Waals surface area contributed by atoms with E-state index in [1.54, 1.807) is 54.5 Å². The van der Waals surface area contributed by atoms with Crippen LogP contribution in [0.5, 0.6) is 0 Å². The second kappa shape index (κ2) is 11.2. The highest BCUT2D eigenvalue weighted by Gasteiger charge is 2.62. The predicted molar refractivity (Wildman–Crippen MR) is 138 cm³/mol. The first-order chi connectivity index (χ1) is 17.2. The van der Waals surface area contributed by atoms with Gasteiger partial charge < -0.3 is 25.0 Å². The van der Waals surface area contributed by atoms with Crippen molar-refractivity contribution in [1.82, 2.24) is 15.5 Å². The minimum Gasteiger partial charge on any atom is -0.464 e. The van der Waals surface area contributed by atoms with Gasteiger partial charge in [0.05, 0.1) is 19.0 Å². The van der Waals surface area contributed by atoms with Crippen molar-refractivity contribution >= 4 is 34.0 Å². The summed E-state index contributed by atoms with van der Waals surface area (Å²) in [5.41, 5.74) is -2.92. The average molecular weight is 560 g/mol. The third-order valence-electron chi connectivity index (χ3n) is 6.22. The number of ether oxygens (including phenoxy) is 2. The van der Waals surface area contributed by atoms with Crippen LogP contribution in [0.3, 0.4) is 0 Å². The van der Waals surface area contributed by atoms with Gasteiger partial charge in [-0.25, -0.2) is 9.59 Å². The van der Waals surface area contributed by atoms with Crippen molar-refractivity contribution in [3.63, 3.8) is 0 Å². The molecule has 1 heterocycles. The fourth-order valence-corrected chi connectivity index (χ4v) is 5.05. The van der Waals surface area contributed by atoms with Crippen molar-refractivity contribution in [3.8, 4) is 0 Å². The van der Waals surface area contributed by atoms with Crippen molar-refractivity contribution < 1.29 is 41.3 Å². The number of hydrogen-bond donors (Lipinski definition) is 2. The van der Waals surface area contributed by atoms with Crippen LogP contribution in [0.1, 0.15) is 61.3 Å². The third kappa shape index (κ3) is 7.92. The van der Waals surface area contributed by atoms with Crippen LogP contribution in [0.15, 0.2) is 12.7 Å². The molecule has 5 atom stereocenters. The summed E-state index contributed by atoms with van der Waals surface area (Å²) in [6.07, 6.45) is 0.762. The van der Waals surface area contributed by atoms with Crippen molar-refractivity contribution in [2.24, 2.45) is 11.3 Å². The molecular formula is C25H41N3O9S. The molecule has 0 spiro atoms. The van der Waals surface area contributed by atoms with Gasteiger partial charge in [0.1, 0.15) is 23.2 Å².